The van der Waals surface area contributed by atoms with Crippen molar-refractivity contribution in [1.82, 2.24) is 9.97 Å². The van der Waals surface area contributed by atoms with Crippen molar-refractivity contribution in [3.8, 4) is 5.75 Å². The van der Waals surface area contributed by atoms with Crippen LogP contribution in [0, 0.1) is 0 Å². The van der Waals surface area contributed by atoms with E-state index in [2.05, 4.69) is 24.3 Å². The van der Waals surface area contributed by atoms with Crippen LogP contribution in [0.25, 0.3) is 43.6 Å². The van der Waals surface area contributed by atoms with E-state index in [9.17, 15) is 4.79 Å². The molecule has 5 heteroatoms. The summed E-state index contributed by atoms with van der Waals surface area (Å²) in [5.41, 5.74) is 3.47. The zero-order valence-electron chi connectivity index (χ0n) is 16.7. The van der Waals surface area contributed by atoms with Gasteiger partial charge in [-0.1, -0.05) is 66.2 Å². The summed E-state index contributed by atoms with van der Waals surface area (Å²) in [4.78, 5) is 22.4. The maximum atomic E-state index is 12.5. The third-order valence-corrected chi connectivity index (χ3v) is 5.80. The lowest BCUT2D eigenvalue weighted by molar-refractivity contribution is 0.0735. The van der Waals surface area contributed by atoms with E-state index < -0.39 is 5.97 Å². The van der Waals surface area contributed by atoms with Gasteiger partial charge in [0.05, 0.1) is 27.6 Å². The van der Waals surface area contributed by atoms with Gasteiger partial charge in [-0.25, -0.2) is 14.8 Å². The Morgan fingerprint density at radius 2 is 1.28 bits per heavy atom. The Bertz CT molecular complexity index is 1690. The average molecular weight is 435 g/mol. The van der Waals surface area contributed by atoms with Crippen molar-refractivity contribution in [2.75, 3.05) is 0 Å². The highest BCUT2D eigenvalue weighted by molar-refractivity contribution is 6.31. The molecular formula is C27H15ClN2O2. The Balaban J connectivity index is 1.53. The minimum absolute atomic E-state index is 0.389. The number of hydrogen-bond donors (Lipinski definition) is 0. The van der Waals surface area contributed by atoms with Gasteiger partial charge in [0, 0.05) is 21.9 Å². The van der Waals surface area contributed by atoms with Crippen LogP contribution in [0.5, 0.6) is 5.75 Å². The Morgan fingerprint density at radius 1 is 0.656 bits per heavy atom. The normalized spacial score (nSPS) is 11.4. The van der Waals surface area contributed by atoms with Crippen LogP contribution in [-0.2, 0) is 0 Å². The molecule has 0 aliphatic rings. The molecule has 0 bridgehead atoms. The number of aromatic nitrogens is 2. The van der Waals surface area contributed by atoms with Crippen LogP contribution < -0.4 is 4.74 Å². The number of rotatable bonds is 2. The Hall–Kier alpha value is -4.02. The maximum absolute atomic E-state index is 12.5. The Kier molecular flexibility index (Phi) is 4.27. The number of fused-ring (bicyclic) bond motifs is 7. The first kappa shape index (κ1) is 18.7. The quantitative estimate of drug-likeness (QED) is 0.128. The van der Waals surface area contributed by atoms with Crippen molar-refractivity contribution in [3.63, 3.8) is 0 Å². The molecular weight excluding hydrogens is 420 g/mol. The highest BCUT2D eigenvalue weighted by Gasteiger charge is 2.14. The van der Waals surface area contributed by atoms with E-state index in [0.29, 0.717) is 21.9 Å². The molecule has 6 aromatic rings. The molecule has 0 aliphatic carbocycles. The fourth-order valence-electron chi connectivity index (χ4n) is 4.10. The lowest BCUT2D eigenvalue weighted by atomic mass is 9.99. The largest absolute Gasteiger partial charge is 0.423 e. The van der Waals surface area contributed by atoms with Crippen LogP contribution in [0.2, 0.25) is 5.02 Å². The van der Waals surface area contributed by atoms with Crippen LogP contribution in [0.3, 0.4) is 0 Å². The van der Waals surface area contributed by atoms with Crippen LogP contribution >= 0.6 is 11.6 Å². The molecule has 0 spiro atoms. The molecule has 5 aromatic carbocycles. The van der Waals surface area contributed by atoms with Crippen LogP contribution in [0.4, 0.5) is 0 Å². The van der Waals surface area contributed by atoms with Gasteiger partial charge < -0.3 is 4.74 Å². The molecule has 152 valence electrons. The zero-order chi connectivity index (χ0) is 21.7. The van der Waals surface area contributed by atoms with Crippen molar-refractivity contribution in [2.24, 2.45) is 0 Å². The summed E-state index contributed by atoms with van der Waals surface area (Å²) in [5, 5.41) is 4.86. The zero-order valence-corrected chi connectivity index (χ0v) is 17.5. The Labute approximate surface area is 188 Å². The van der Waals surface area contributed by atoms with E-state index >= 15 is 0 Å². The van der Waals surface area contributed by atoms with Crippen molar-refractivity contribution in [1.29, 1.82) is 0 Å². The van der Waals surface area contributed by atoms with Gasteiger partial charge in [0.15, 0.2) is 0 Å². The smallest absolute Gasteiger partial charge is 0.343 e. The summed E-state index contributed by atoms with van der Waals surface area (Å²) in [6.45, 7) is 0. The molecule has 1 heterocycles. The molecule has 32 heavy (non-hydrogen) atoms. The summed E-state index contributed by atoms with van der Waals surface area (Å²) in [6.07, 6.45) is 0. The van der Waals surface area contributed by atoms with Gasteiger partial charge in [0.25, 0.3) is 0 Å². The number of nitrogens with zero attached hydrogens (tertiary/aromatic N) is 2. The van der Waals surface area contributed by atoms with Crippen molar-refractivity contribution in [3.05, 3.63) is 102 Å². The molecule has 6 rings (SSSR count). The second-order valence-corrected chi connectivity index (χ2v) is 8.00. The predicted molar refractivity (Wildman–Crippen MR) is 128 cm³/mol. The number of carbonyl (C=O) groups is 1. The molecule has 0 atom stereocenters. The molecule has 0 amide bonds. The molecule has 4 nitrogen and oxygen atoms in total. The van der Waals surface area contributed by atoms with Gasteiger partial charge in [-0.3, -0.25) is 0 Å². The molecule has 0 N–H and O–H groups in total. The molecule has 0 aliphatic heterocycles. The van der Waals surface area contributed by atoms with E-state index in [1.54, 1.807) is 36.4 Å². The van der Waals surface area contributed by atoms with E-state index in [4.69, 9.17) is 26.3 Å². The number of hydrogen-bond acceptors (Lipinski definition) is 4. The molecule has 0 saturated carbocycles. The molecule has 1 aromatic heterocycles. The molecule has 0 unspecified atom stereocenters. The first-order valence-corrected chi connectivity index (χ1v) is 10.5. The average Bonchev–Trinajstić information content (AvgIpc) is 2.83. The molecule has 0 radical (unpaired) electrons. The standard InChI is InChI=1S/C27H15ClN2O2/c28-17-7-5-6-16(14-17)27(31)32-18-12-13-23-24(15-18)30-26-22-11-4-2-9-20(22)19-8-1-3-10-21(19)25(26)29-23/h1-15H. The van der Waals surface area contributed by atoms with Gasteiger partial charge in [-0.05, 0) is 41.1 Å². The second kappa shape index (κ2) is 7.29. The number of carbonyl (C=O) groups excluding carboxylic acids is 1. The number of benzene rings is 5. The van der Waals surface area contributed by atoms with Crippen LogP contribution in [0.15, 0.2) is 91.0 Å². The number of esters is 1. The van der Waals surface area contributed by atoms with E-state index in [-0.39, 0.29) is 0 Å². The van der Waals surface area contributed by atoms with Crippen molar-refractivity contribution < 1.29 is 9.53 Å². The Morgan fingerprint density at radius 3 is 1.94 bits per heavy atom. The molecule has 0 fully saturated rings. The van der Waals surface area contributed by atoms with E-state index in [1.807, 2.05) is 30.3 Å². The van der Waals surface area contributed by atoms with E-state index in [1.165, 1.54) is 0 Å². The van der Waals surface area contributed by atoms with Gasteiger partial charge in [-0.15, -0.1) is 0 Å². The van der Waals surface area contributed by atoms with Crippen molar-refractivity contribution >= 4 is 61.2 Å². The fourth-order valence-corrected chi connectivity index (χ4v) is 4.29. The maximum Gasteiger partial charge on any atom is 0.343 e. The van der Waals surface area contributed by atoms with Crippen LogP contribution in [0.1, 0.15) is 10.4 Å². The summed E-state index contributed by atoms with van der Waals surface area (Å²) >= 11 is 5.99. The lowest BCUT2D eigenvalue weighted by Crippen LogP contribution is -2.08. The second-order valence-electron chi connectivity index (χ2n) is 7.56. The van der Waals surface area contributed by atoms with Gasteiger partial charge >= 0.3 is 5.97 Å². The summed E-state index contributed by atoms with van der Waals surface area (Å²) in [6, 6.07) is 28.4. The van der Waals surface area contributed by atoms with Gasteiger partial charge in [0.1, 0.15) is 5.75 Å². The monoisotopic (exact) mass is 434 g/mol. The van der Waals surface area contributed by atoms with Crippen LogP contribution in [-0.4, -0.2) is 15.9 Å². The number of ether oxygens (including phenoxy) is 1. The summed E-state index contributed by atoms with van der Waals surface area (Å²) in [5.74, 6) is -0.0711. The van der Waals surface area contributed by atoms with E-state index in [0.717, 1.165) is 38.1 Å². The SMILES string of the molecule is O=C(Oc1ccc2nc3c4ccccc4c4ccccc4c3nc2c1)c1cccc(Cl)c1. The summed E-state index contributed by atoms with van der Waals surface area (Å²) < 4.78 is 5.57. The number of halogens is 1. The molecule has 0 saturated heterocycles. The lowest BCUT2D eigenvalue weighted by Gasteiger charge is -2.10. The minimum Gasteiger partial charge on any atom is -0.423 e. The third kappa shape index (κ3) is 3.04. The fraction of sp³-hybridized carbons (Fsp3) is 0. The first-order chi connectivity index (χ1) is 15.7. The summed E-state index contributed by atoms with van der Waals surface area (Å²) in [7, 11) is 0. The van der Waals surface area contributed by atoms with Crippen molar-refractivity contribution in [2.45, 2.75) is 0 Å². The topological polar surface area (TPSA) is 52.1 Å². The third-order valence-electron chi connectivity index (χ3n) is 5.56. The highest BCUT2D eigenvalue weighted by atomic mass is 35.5. The first-order valence-electron chi connectivity index (χ1n) is 10.2. The van der Waals surface area contributed by atoms with Gasteiger partial charge in [0.2, 0.25) is 0 Å². The highest BCUT2D eigenvalue weighted by Crippen LogP contribution is 2.34. The minimum atomic E-state index is -0.475. The predicted octanol–water partition coefficient (Wildman–Crippen LogP) is 6.96. The van der Waals surface area contributed by atoms with Gasteiger partial charge in [-0.2, -0.15) is 0 Å².